The van der Waals surface area contributed by atoms with Crippen LogP contribution in [-0.4, -0.2) is 29.0 Å². The number of aliphatic carboxylic acids is 1. The molecule has 0 aliphatic rings. The minimum Gasteiger partial charge on any atom is -0.490 e. The Morgan fingerprint density at radius 1 is 1.33 bits per heavy atom. The smallest absolute Gasteiger partial charge is 0.371 e. The van der Waals surface area contributed by atoms with E-state index in [1.54, 1.807) is 12.3 Å². The summed E-state index contributed by atoms with van der Waals surface area (Å²) in [5.74, 6) is -2.07. The van der Waals surface area contributed by atoms with Gasteiger partial charge in [-0.1, -0.05) is 18.2 Å². The molecule has 1 heterocycles. The number of benzene rings is 1. The Bertz CT molecular complexity index is 639. The Labute approximate surface area is 103 Å². The van der Waals surface area contributed by atoms with Crippen molar-refractivity contribution >= 4 is 22.7 Å². The first kappa shape index (κ1) is 11.9. The number of H-pyrrole nitrogens is 1. The third kappa shape index (κ3) is 2.10. The third-order valence-corrected chi connectivity index (χ3v) is 2.55. The van der Waals surface area contributed by atoms with Crippen LogP contribution in [0.1, 0.15) is 10.4 Å². The molecule has 0 aliphatic heterocycles. The summed E-state index contributed by atoms with van der Waals surface area (Å²) in [5.41, 5.74) is 1.24. The van der Waals surface area contributed by atoms with E-state index in [1.807, 2.05) is 18.2 Å². The molecule has 5 heteroatoms. The van der Waals surface area contributed by atoms with Crippen LogP contribution in [0.15, 0.2) is 42.3 Å². The lowest BCUT2D eigenvalue weighted by Crippen LogP contribution is -2.06. The van der Waals surface area contributed by atoms with Crippen molar-refractivity contribution in [3.8, 4) is 0 Å². The number of carbonyl (C=O) groups is 2. The second-order valence-corrected chi connectivity index (χ2v) is 3.63. The van der Waals surface area contributed by atoms with E-state index in [4.69, 9.17) is 5.11 Å². The molecule has 2 N–H and O–H groups in total. The van der Waals surface area contributed by atoms with E-state index in [-0.39, 0.29) is 5.76 Å². The highest BCUT2D eigenvalue weighted by atomic mass is 16.5. The zero-order valence-electron chi connectivity index (χ0n) is 9.64. The van der Waals surface area contributed by atoms with Gasteiger partial charge in [0.1, 0.15) is 0 Å². The minimum atomic E-state index is -1.27. The number of fused-ring (bicyclic) bond motifs is 1. The highest BCUT2D eigenvalue weighted by Crippen LogP contribution is 2.18. The predicted molar refractivity (Wildman–Crippen MR) is 65.4 cm³/mol. The van der Waals surface area contributed by atoms with Gasteiger partial charge in [-0.15, -0.1) is 0 Å². The Morgan fingerprint density at radius 2 is 2.06 bits per heavy atom. The number of nitrogens with one attached hydrogen (secondary N) is 1. The van der Waals surface area contributed by atoms with Gasteiger partial charge in [0.25, 0.3) is 0 Å². The first-order chi connectivity index (χ1) is 8.63. The molecule has 0 amide bonds. The van der Waals surface area contributed by atoms with Gasteiger partial charge >= 0.3 is 5.97 Å². The van der Waals surface area contributed by atoms with Crippen LogP contribution in [0.4, 0.5) is 0 Å². The summed E-state index contributed by atoms with van der Waals surface area (Å²) in [6.45, 7) is 0. The number of rotatable bonds is 4. The van der Waals surface area contributed by atoms with E-state index in [0.717, 1.165) is 17.0 Å². The number of carboxylic acids is 1. The zero-order chi connectivity index (χ0) is 13.1. The first-order valence-electron chi connectivity index (χ1n) is 5.23. The van der Waals surface area contributed by atoms with Gasteiger partial charge in [0.2, 0.25) is 5.76 Å². The number of hydrogen-bond acceptors (Lipinski definition) is 3. The normalized spacial score (nSPS) is 11.5. The number of ketones is 1. The van der Waals surface area contributed by atoms with Crippen molar-refractivity contribution in [1.29, 1.82) is 0 Å². The van der Waals surface area contributed by atoms with Crippen molar-refractivity contribution in [2.75, 3.05) is 7.11 Å². The van der Waals surface area contributed by atoms with Crippen LogP contribution in [0.25, 0.3) is 10.9 Å². The summed E-state index contributed by atoms with van der Waals surface area (Å²) < 4.78 is 4.62. The third-order valence-electron chi connectivity index (χ3n) is 2.55. The number of methoxy groups -OCH3 is 1. The molecule has 0 saturated carbocycles. The molecule has 2 rings (SSSR count). The number of carboxylic acid groups (broad SMARTS) is 1. The molecule has 1 aromatic heterocycles. The van der Waals surface area contributed by atoms with Gasteiger partial charge in [-0.25, -0.2) is 4.79 Å². The molecule has 0 atom stereocenters. The number of aromatic nitrogens is 1. The lowest BCUT2D eigenvalue weighted by atomic mass is 10.1. The minimum absolute atomic E-state index is 0.384. The Kier molecular flexibility index (Phi) is 3.14. The van der Waals surface area contributed by atoms with Crippen LogP contribution in [0, 0.1) is 0 Å². The SMILES string of the molecule is CO/C(=C\C(=O)c1c[nH]c2ccccc12)C(=O)O. The Balaban J connectivity index is 2.43. The summed E-state index contributed by atoms with van der Waals surface area (Å²) in [7, 11) is 1.21. The van der Waals surface area contributed by atoms with Crippen LogP contribution in [-0.2, 0) is 9.53 Å². The van der Waals surface area contributed by atoms with Crippen molar-refractivity contribution < 1.29 is 19.4 Å². The van der Waals surface area contributed by atoms with Gasteiger partial charge in [0.15, 0.2) is 5.78 Å². The molecule has 92 valence electrons. The molecule has 0 spiro atoms. The molecule has 0 aliphatic carbocycles. The van der Waals surface area contributed by atoms with Crippen LogP contribution in [0.3, 0.4) is 0 Å². The number of hydrogen-bond donors (Lipinski definition) is 2. The maximum atomic E-state index is 12.0. The first-order valence-corrected chi connectivity index (χ1v) is 5.23. The quantitative estimate of drug-likeness (QED) is 0.490. The molecule has 5 nitrogen and oxygen atoms in total. The van der Waals surface area contributed by atoms with E-state index in [1.165, 1.54) is 7.11 Å². The van der Waals surface area contributed by atoms with E-state index in [0.29, 0.717) is 5.56 Å². The van der Waals surface area contributed by atoms with Gasteiger partial charge < -0.3 is 14.8 Å². The van der Waals surface area contributed by atoms with Crippen molar-refractivity contribution in [1.82, 2.24) is 4.98 Å². The number of allylic oxidation sites excluding steroid dienone is 1. The number of para-hydroxylation sites is 1. The largest absolute Gasteiger partial charge is 0.490 e. The van der Waals surface area contributed by atoms with Crippen molar-refractivity contribution in [3.05, 3.63) is 47.9 Å². The molecule has 1 aromatic carbocycles. The predicted octanol–water partition coefficient (Wildman–Crippen LogP) is 1.97. The average molecular weight is 245 g/mol. The molecule has 0 unspecified atom stereocenters. The fraction of sp³-hybridized carbons (Fsp3) is 0.0769. The average Bonchev–Trinajstić information content (AvgIpc) is 2.79. The van der Waals surface area contributed by atoms with Crippen LogP contribution < -0.4 is 0 Å². The lowest BCUT2D eigenvalue weighted by molar-refractivity contribution is -0.136. The highest BCUT2D eigenvalue weighted by molar-refractivity contribution is 6.14. The van der Waals surface area contributed by atoms with E-state index >= 15 is 0 Å². The lowest BCUT2D eigenvalue weighted by Gasteiger charge is -1.99. The molecular formula is C13H11NO4. The zero-order valence-corrected chi connectivity index (χ0v) is 9.64. The summed E-state index contributed by atoms with van der Waals surface area (Å²) >= 11 is 0. The van der Waals surface area contributed by atoms with Crippen molar-refractivity contribution in [3.63, 3.8) is 0 Å². The van der Waals surface area contributed by atoms with Crippen molar-refractivity contribution in [2.45, 2.75) is 0 Å². The summed E-state index contributed by atoms with van der Waals surface area (Å²) in [6, 6.07) is 7.29. The van der Waals surface area contributed by atoms with Gasteiger partial charge in [0.05, 0.1) is 7.11 Å². The van der Waals surface area contributed by atoms with Crippen LogP contribution in [0.5, 0.6) is 0 Å². The Hall–Kier alpha value is -2.56. The van der Waals surface area contributed by atoms with Crippen LogP contribution >= 0.6 is 0 Å². The number of carbonyl (C=O) groups excluding carboxylic acids is 1. The van der Waals surface area contributed by atoms with Crippen molar-refractivity contribution in [2.24, 2.45) is 0 Å². The maximum absolute atomic E-state index is 12.0. The second-order valence-electron chi connectivity index (χ2n) is 3.63. The van der Waals surface area contributed by atoms with Gasteiger partial charge in [-0.05, 0) is 6.07 Å². The van der Waals surface area contributed by atoms with Gasteiger partial charge in [-0.2, -0.15) is 0 Å². The fourth-order valence-electron chi connectivity index (χ4n) is 1.68. The number of ether oxygens (including phenoxy) is 1. The Morgan fingerprint density at radius 3 is 2.72 bits per heavy atom. The second kappa shape index (κ2) is 4.75. The van der Waals surface area contributed by atoms with Crippen LogP contribution in [0.2, 0.25) is 0 Å². The molecule has 0 fully saturated rings. The fourth-order valence-corrected chi connectivity index (χ4v) is 1.68. The standard InChI is InChI=1S/C13H11NO4/c1-18-12(13(16)17)6-11(15)9-7-14-10-5-3-2-4-8(9)10/h2-7,14H,1H3,(H,16,17)/b12-6-. The maximum Gasteiger partial charge on any atom is 0.371 e. The van der Waals surface area contributed by atoms with E-state index < -0.39 is 11.8 Å². The molecule has 0 radical (unpaired) electrons. The number of aromatic amines is 1. The molecule has 2 aromatic rings. The van der Waals surface area contributed by atoms with E-state index in [9.17, 15) is 9.59 Å². The molecular weight excluding hydrogens is 234 g/mol. The topological polar surface area (TPSA) is 79.4 Å². The molecule has 0 bridgehead atoms. The monoisotopic (exact) mass is 245 g/mol. The molecule has 0 saturated heterocycles. The van der Waals surface area contributed by atoms with E-state index in [2.05, 4.69) is 9.72 Å². The summed E-state index contributed by atoms with van der Waals surface area (Å²) in [6.07, 6.45) is 2.52. The van der Waals surface area contributed by atoms with Gasteiger partial charge in [-0.3, -0.25) is 4.79 Å². The molecule has 18 heavy (non-hydrogen) atoms. The highest BCUT2D eigenvalue weighted by Gasteiger charge is 2.14. The summed E-state index contributed by atoms with van der Waals surface area (Å²) in [5, 5.41) is 9.53. The summed E-state index contributed by atoms with van der Waals surface area (Å²) in [4.78, 5) is 25.7. The van der Waals surface area contributed by atoms with Gasteiger partial charge in [0, 0.05) is 28.7 Å².